The topological polar surface area (TPSA) is 61.3 Å². The molecule has 0 bridgehead atoms. The Kier molecular flexibility index (Phi) is 5.67. The molecule has 7 heteroatoms. The van der Waals surface area contributed by atoms with Crippen LogP contribution >= 0.6 is 23.1 Å². The summed E-state index contributed by atoms with van der Waals surface area (Å²) in [6.07, 6.45) is 3.34. The van der Waals surface area contributed by atoms with Crippen molar-refractivity contribution in [3.8, 4) is 0 Å². The summed E-state index contributed by atoms with van der Waals surface area (Å²) in [7, 11) is 0. The summed E-state index contributed by atoms with van der Waals surface area (Å²) in [5.74, 6) is -0.122. The largest absolute Gasteiger partial charge is 0.618 e. The third-order valence-electron chi connectivity index (χ3n) is 3.49. The maximum absolute atomic E-state index is 12.1. The second-order valence-electron chi connectivity index (χ2n) is 5.46. The first kappa shape index (κ1) is 17.4. The van der Waals surface area contributed by atoms with Crippen LogP contribution < -0.4 is 9.53 Å². The third-order valence-corrected chi connectivity index (χ3v) is 5.28. The summed E-state index contributed by atoms with van der Waals surface area (Å²) in [6, 6.07) is 13.4. The van der Waals surface area contributed by atoms with Crippen molar-refractivity contribution in [1.29, 1.82) is 0 Å². The second kappa shape index (κ2) is 8.13. The first-order valence-electron chi connectivity index (χ1n) is 7.70. The molecule has 0 aliphatic carbocycles. The van der Waals surface area contributed by atoms with Crippen LogP contribution in [0, 0.1) is 12.1 Å². The second-order valence-corrected chi connectivity index (χ2v) is 7.33. The molecule has 0 N–H and O–H groups in total. The summed E-state index contributed by atoms with van der Waals surface area (Å²) >= 11 is 2.62. The molecule has 1 aromatic carbocycles. The van der Waals surface area contributed by atoms with Crippen molar-refractivity contribution in [3.63, 3.8) is 0 Å². The molecule has 2 aromatic heterocycles. The standard InChI is InChI=1S/C18H17N3O2S2/c1-14-5-7-15(8-6-14)12-20-10-11-24-18(20)19-16(22)13-25-17-4-2-3-9-21(17)23/h2-11H,12-13H2,1H3. The Balaban J connectivity index is 1.69. The molecule has 2 heterocycles. The average Bonchev–Trinajstić information content (AvgIpc) is 3.03. The van der Waals surface area contributed by atoms with Crippen molar-refractivity contribution < 1.29 is 9.52 Å². The predicted octanol–water partition coefficient (Wildman–Crippen LogP) is 2.76. The fourth-order valence-electron chi connectivity index (χ4n) is 2.20. The normalized spacial score (nSPS) is 11.6. The van der Waals surface area contributed by atoms with Gasteiger partial charge < -0.3 is 9.77 Å². The summed E-state index contributed by atoms with van der Waals surface area (Å²) < 4.78 is 2.70. The van der Waals surface area contributed by atoms with Gasteiger partial charge in [-0.25, -0.2) is 0 Å². The van der Waals surface area contributed by atoms with E-state index in [1.807, 2.05) is 16.1 Å². The number of pyridine rings is 1. The summed E-state index contributed by atoms with van der Waals surface area (Å²) in [5, 5.41) is 14.0. The summed E-state index contributed by atoms with van der Waals surface area (Å²) in [5.41, 5.74) is 2.37. The number of nitrogens with zero attached hydrogens (tertiary/aromatic N) is 3. The number of amides is 1. The summed E-state index contributed by atoms with van der Waals surface area (Å²) in [6.45, 7) is 2.72. The number of hydrogen-bond acceptors (Lipinski definition) is 4. The van der Waals surface area contributed by atoms with E-state index in [4.69, 9.17) is 0 Å². The highest BCUT2D eigenvalue weighted by molar-refractivity contribution is 7.99. The number of thiazole rings is 1. The van der Waals surface area contributed by atoms with Crippen LogP contribution in [-0.2, 0) is 11.3 Å². The number of aryl methyl sites for hydroxylation is 1. The number of aromatic nitrogens is 2. The number of thioether (sulfide) groups is 1. The Morgan fingerprint density at radius 1 is 1.28 bits per heavy atom. The molecule has 3 rings (SSSR count). The van der Waals surface area contributed by atoms with Gasteiger partial charge in [0.25, 0.3) is 10.9 Å². The van der Waals surface area contributed by atoms with Gasteiger partial charge in [-0.2, -0.15) is 9.72 Å². The Bertz CT molecular complexity index is 930. The van der Waals surface area contributed by atoms with Gasteiger partial charge in [0.05, 0.1) is 5.75 Å². The zero-order chi connectivity index (χ0) is 17.6. The molecule has 0 unspecified atom stereocenters. The highest BCUT2D eigenvalue weighted by Crippen LogP contribution is 2.12. The molecule has 0 fully saturated rings. The molecule has 0 saturated carbocycles. The molecule has 128 valence electrons. The van der Waals surface area contributed by atoms with Crippen LogP contribution in [0.1, 0.15) is 11.1 Å². The van der Waals surface area contributed by atoms with Crippen molar-refractivity contribution in [2.24, 2.45) is 4.99 Å². The predicted molar refractivity (Wildman–Crippen MR) is 99.3 cm³/mol. The molecule has 3 aromatic rings. The van der Waals surface area contributed by atoms with Gasteiger partial charge in [-0.05, 0) is 30.3 Å². The maximum Gasteiger partial charge on any atom is 0.258 e. The van der Waals surface area contributed by atoms with Gasteiger partial charge in [0, 0.05) is 30.3 Å². The first-order chi connectivity index (χ1) is 12.1. The third kappa shape index (κ3) is 4.80. The molecule has 0 aliphatic heterocycles. The molecule has 0 atom stereocenters. The lowest BCUT2D eigenvalue weighted by Crippen LogP contribution is -2.28. The molecule has 25 heavy (non-hydrogen) atoms. The summed E-state index contributed by atoms with van der Waals surface area (Å²) in [4.78, 5) is 17.0. The van der Waals surface area contributed by atoms with E-state index < -0.39 is 0 Å². The molecule has 0 aliphatic rings. The lowest BCUT2D eigenvalue weighted by Gasteiger charge is -2.04. The lowest BCUT2D eigenvalue weighted by molar-refractivity contribution is -0.645. The zero-order valence-corrected chi connectivity index (χ0v) is 15.3. The van der Waals surface area contributed by atoms with Crippen LogP contribution in [0.2, 0.25) is 0 Å². The molecule has 0 saturated heterocycles. The van der Waals surface area contributed by atoms with Crippen LogP contribution in [0.5, 0.6) is 0 Å². The van der Waals surface area contributed by atoms with Gasteiger partial charge in [0.2, 0.25) is 0 Å². The van der Waals surface area contributed by atoms with Gasteiger partial charge in [-0.1, -0.05) is 29.8 Å². The van der Waals surface area contributed by atoms with Crippen molar-refractivity contribution in [2.45, 2.75) is 18.5 Å². The maximum atomic E-state index is 12.1. The Hall–Kier alpha value is -2.38. The van der Waals surface area contributed by atoms with Gasteiger partial charge in [0.15, 0.2) is 11.0 Å². The highest BCUT2D eigenvalue weighted by atomic mass is 32.2. The number of benzene rings is 1. The fourth-order valence-corrected chi connectivity index (χ4v) is 3.64. The molecule has 5 nitrogen and oxygen atoms in total. The molecule has 0 radical (unpaired) electrons. The molecular weight excluding hydrogens is 354 g/mol. The van der Waals surface area contributed by atoms with Crippen molar-refractivity contribution in [2.75, 3.05) is 5.75 Å². The van der Waals surface area contributed by atoms with Crippen LogP contribution in [0.4, 0.5) is 0 Å². The van der Waals surface area contributed by atoms with E-state index in [-0.39, 0.29) is 11.7 Å². The zero-order valence-electron chi connectivity index (χ0n) is 13.7. The minimum absolute atomic E-state index is 0.134. The van der Waals surface area contributed by atoms with E-state index in [1.54, 1.807) is 18.2 Å². The van der Waals surface area contributed by atoms with Gasteiger partial charge in [0.1, 0.15) is 0 Å². The Labute approximate surface area is 153 Å². The van der Waals surface area contributed by atoms with E-state index in [0.717, 1.165) is 10.3 Å². The van der Waals surface area contributed by atoms with Crippen molar-refractivity contribution in [3.05, 3.63) is 81.4 Å². The smallest absolute Gasteiger partial charge is 0.258 e. The quantitative estimate of drug-likeness (QED) is 0.394. The first-order valence-corrected chi connectivity index (χ1v) is 9.56. The highest BCUT2D eigenvalue weighted by Gasteiger charge is 2.08. The van der Waals surface area contributed by atoms with Gasteiger partial charge >= 0.3 is 0 Å². The number of carbonyl (C=O) groups is 1. The minimum Gasteiger partial charge on any atom is -0.618 e. The fraction of sp³-hybridized carbons (Fsp3) is 0.167. The number of carbonyl (C=O) groups excluding carboxylic acids is 1. The van der Waals surface area contributed by atoms with Crippen LogP contribution in [0.15, 0.2) is 70.3 Å². The average molecular weight is 371 g/mol. The monoisotopic (exact) mass is 371 g/mol. The Morgan fingerprint density at radius 2 is 2.08 bits per heavy atom. The van der Waals surface area contributed by atoms with E-state index >= 15 is 0 Å². The van der Waals surface area contributed by atoms with Crippen LogP contribution in [-0.4, -0.2) is 16.2 Å². The van der Waals surface area contributed by atoms with Gasteiger partial charge in [-0.3, -0.25) is 4.79 Å². The van der Waals surface area contributed by atoms with Crippen LogP contribution in [0.25, 0.3) is 0 Å². The lowest BCUT2D eigenvalue weighted by atomic mass is 10.1. The molecular formula is C18H17N3O2S2. The van der Waals surface area contributed by atoms with E-state index in [1.165, 1.54) is 34.9 Å². The van der Waals surface area contributed by atoms with Crippen molar-refractivity contribution in [1.82, 2.24) is 4.57 Å². The number of rotatable bonds is 5. The van der Waals surface area contributed by atoms with Gasteiger partial charge in [-0.15, -0.1) is 11.3 Å². The van der Waals surface area contributed by atoms with Crippen LogP contribution in [0.3, 0.4) is 0 Å². The molecule has 0 spiro atoms. The van der Waals surface area contributed by atoms with Crippen molar-refractivity contribution >= 4 is 29.0 Å². The Morgan fingerprint density at radius 3 is 2.84 bits per heavy atom. The SMILES string of the molecule is Cc1ccc(Cn2ccsc2=NC(=O)CSc2cccc[n+]2[O-])cc1. The van der Waals surface area contributed by atoms with E-state index in [9.17, 15) is 10.0 Å². The molecule has 1 amide bonds. The minimum atomic E-state index is -0.256. The van der Waals surface area contributed by atoms with E-state index in [0.29, 0.717) is 16.4 Å². The van der Waals surface area contributed by atoms with E-state index in [2.05, 4.69) is 36.2 Å². The number of hydrogen-bond donors (Lipinski definition) is 0.